The van der Waals surface area contributed by atoms with Gasteiger partial charge in [-0.05, 0) is 35.9 Å². The van der Waals surface area contributed by atoms with Crippen LogP contribution in [0.15, 0.2) is 54.9 Å². The molecule has 0 radical (unpaired) electrons. The number of nitrogens with zero attached hydrogens (tertiary/aromatic N) is 3. The molecule has 0 atom stereocenters. The summed E-state index contributed by atoms with van der Waals surface area (Å²) >= 11 is 5.92. The largest absolute Gasteiger partial charge is 0.383 e. The first kappa shape index (κ1) is 14.1. The number of nitriles is 1. The van der Waals surface area contributed by atoms with Gasteiger partial charge in [-0.1, -0.05) is 23.7 Å². The van der Waals surface area contributed by atoms with E-state index in [1.807, 2.05) is 30.3 Å². The number of pyridine rings is 2. The molecule has 0 fully saturated rings. The van der Waals surface area contributed by atoms with Gasteiger partial charge < -0.3 is 5.73 Å². The Kier molecular flexibility index (Phi) is 3.73. The fraction of sp³-hybridized carbons (Fsp3) is 0. The van der Waals surface area contributed by atoms with E-state index in [4.69, 9.17) is 17.3 Å². The number of hydrogen-bond acceptors (Lipinski definition) is 4. The lowest BCUT2D eigenvalue weighted by molar-refractivity contribution is 1.28. The SMILES string of the molecule is N#Cc1c(-c2ccc(Cl)cc2)cc(-c2ccncc2)nc1N. The van der Waals surface area contributed by atoms with E-state index in [0.717, 1.165) is 16.7 Å². The maximum absolute atomic E-state index is 9.37. The number of nitrogen functional groups attached to an aromatic ring is 1. The molecule has 22 heavy (non-hydrogen) atoms. The summed E-state index contributed by atoms with van der Waals surface area (Å²) in [6.07, 6.45) is 3.38. The lowest BCUT2D eigenvalue weighted by atomic mass is 9.99. The molecule has 2 aromatic heterocycles. The van der Waals surface area contributed by atoms with Crippen molar-refractivity contribution in [2.75, 3.05) is 5.73 Å². The van der Waals surface area contributed by atoms with Crippen molar-refractivity contribution in [3.63, 3.8) is 0 Å². The van der Waals surface area contributed by atoms with Crippen molar-refractivity contribution < 1.29 is 0 Å². The zero-order valence-electron chi connectivity index (χ0n) is 11.5. The first-order valence-electron chi connectivity index (χ1n) is 6.56. The van der Waals surface area contributed by atoms with Crippen LogP contribution in [0, 0.1) is 11.3 Å². The molecule has 0 saturated carbocycles. The summed E-state index contributed by atoms with van der Waals surface area (Å²) in [5, 5.41) is 10.0. The quantitative estimate of drug-likeness (QED) is 0.778. The smallest absolute Gasteiger partial charge is 0.142 e. The second kappa shape index (κ2) is 5.84. The van der Waals surface area contributed by atoms with Crippen LogP contribution in [0.5, 0.6) is 0 Å². The van der Waals surface area contributed by atoms with Crippen LogP contribution in [0.2, 0.25) is 5.02 Å². The Bertz CT molecular complexity index is 852. The number of benzene rings is 1. The van der Waals surface area contributed by atoms with Gasteiger partial charge in [-0.25, -0.2) is 4.98 Å². The molecule has 106 valence electrons. The highest BCUT2D eigenvalue weighted by Crippen LogP contribution is 2.31. The van der Waals surface area contributed by atoms with Crippen molar-refractivity contribution in [1.29, 1.82) is 5.26 Å². The van der Waals surface area contributed by atoms with Crippen LogP contribution in [0.1, 0.15) is 5.56 Å². The van der Waals surface area contributed by atoms with Gasteiger partial charge in [0.05, 0.1) is 5.69 Å². The van der Waals surface area contributed by atoms with E-state index in [1.165, 1.54) is 0 Å². The Hall–Kier alpha value is -2.90. The van der Waals surface area contributed by atoms with E-state index in [-0.39, 0.29) is 5.82 Å². The molecule has 0 aliphatic rings. The van der Waals surface area contributed by atoms with Gasteiger partial charge in [0.2, 0.25) is 0 Å². The second-order valence-corrected chi connectivity index (χ2v) is 5.11. The van der Waals surface area contributed by atoms with Crippen LogP contribution < -0.4 is 5.73 Å². The van der Waals surface area contributed by atoms with Crippen LogP contribution in [0.3, 0.4) is 0 Å². The molecule has 0 aliphatic carbocycles. The summed E-state index contributed by atoms with van der Waals surface area (Å²) < 4.78 is 0. The van der Waals surface area contributed by atoms with Gasteiger partial charge in [0.1, 0.15) is 17.5 Å². The van der Waals surface area contributed by atoms with Crippen LogP contribution in [0.25, 0.3) is 22.4 Å². The summed E-state index contributed by atoms with van der Waals surface area (Å²) in [6.45, 7) is 0. The van der Waals surface area contributed by atoms with Crippen molar-refractivity contribution in [3.8, 4) is 28.5 Å². The minimum atomic E-state index is 0.210. The molecule has 0 saturated heterocycles. The molecule has 2 heterocycles. The summed E-state index contributed by atoms with van der Waals surface area (Å²) in [7, 11) is 0. The zero-order chi connectivity index (χ0) is 15.5. The van der Waals surface area contributed by atoms with Gasteiger partial charge in [0.25, 0.3) is 0 Å². The number of hydrogen-bond donors (Lipinski definition) is 1. The highest BCUT2D eigenvalue weighted by Gasteiger charge is 2.13. The predicted molar refractivity (Wildman–Crippen MR) is 87.0 cm³/mol. The molecule has 0 bridgehead atoms. The van der Waals surface area contributed by atoms with E-state index in [1.54, 1.807) is 24.5 Å². The maximum atomic E-state index is 9.37. The fourth-order valence-corrected chi connectivity index (χ4v) is 2.34. The minimum Gasteiger partial charge on any atom is -0.383 e. The third-order valence-corrected chi connectivity index (χ3v) is 3.54. The molecular weight excluding hydrogens is 296 g/mol. The standard InChI is InChI=1S/C17H11ClN4/c18-13-3-1-11(2-4-13)14-9-16(12-5-7-21-8-6-12)22-17(20)15(14)10-19/h1-9H,(H2,20,22). The van der Waals surface area contributed by atoms with Crippen molar-refractivity contribution in [1.82, 2.24) is 9.97 Å². The topological polar surface area (TPSA) is 75.6 Å². The monoisotopic (exact) mass is 306 g/mol. The Labute approximate surface area is 132 Å². The number of nitrogens with two attached hydrogens (primary N) is 1. The lowest BCUT2D eigenvalue weighted by Crippen LogP contribution is -1.99. The summed E-state index contributed by atoms with van der Waals surface area (Å²) in [5.41, 5.74) is 9.51. The van der Waals surface area contributed by atoms with E-state index < -0.39 is 0 Å². The van der Waals surface area contributed by atoms with Crippen LogP contribution in [0.4, 0.5) is 5.82 Å². The molecule has 2 N–H and O–H groups in total. The van der Waals surface area contributed by atoms with Crippen LogP contribution in [-0.2, 0) is 0 Å². The van der Waals surface area contributed by atoms with E-state index >= 15 is 0 Å². The highest BCUT2D eigenvalue weighted by molar-refractivity contribution is 6.30. The number of anilines is 1. The van der Waals surface area contributed by atoms with Crippen LogP contribution >= 0.6 is 11.6 Å². The van der Waals surface area contributed by atoms with Gasteiger partial charge in [0, 0.05) is 28.5 Å². The lowest BCUT2D eigenvalue weighted by Gasteiger charge is -2.10. The molecule has 0 aliphatic heterocycles. The average Bonchev–Trinajstić information content (AvgIpc) is 2.55. The summed E-state index contributed by atoms with van der Waals surface area (Å²) in [4.78, 5) is 8.31. The normalized spacial score (nSPS) is 10.2. The first-order chi connectivity index (χ1) is 10.7. The third-order valence-electron chi connectivity index (χ3n) is 3.29. The predicted octanol–water partition coefficient (Wildman–Crippen LogP) is 3.92. The average molecular weight is 307 g/mol. The molecule has 0 spiro atoms. The van der Waals surface area contributed by atoms with E-state index in [0.29, 0.717) is 16.3 Å². The molecule has 3 aromatic rings. The van der Waals surface area contributed by atoms with Crippen molar-refractivity contribution in [2.45, 2.75) is 0 Å². The Morgan fingerprint density at radius 1 is 1.00 bits per heavy atom. The number of halogens is 1. The van der Waals surface area contributed by atoms with Crippen LogP contribution in [-0.4, -0.2) is 9.97 Å². The van der Waals surface area contributed by atoms with E-state index in [9.17, 15) is 5.26 Å². The van der Waals surface area contributed by atoms with Gasteiger partial charge in [-0.3, -0.25) is 4.98 Å². The van der Waals surface area contributed by atoms with Gasteiger partial charge in [0.15, 0.2) is 0 Å². The van der Waals surface area contributed by atoms with Gasteiger partial charge in [-0.2, -0.15) is 5.26 Å². The minimum absolute atomic E-state index is 0.210. The first-order valence-corrected chi connectivity index (χ1v) is 6.94. The van der Waals surface area contributed by atoms with Gasteiger partial charge >= 0.3 is 0 Å². The zero-order valence-corrected chi connectivity index (χ0v) is 12.2. The van der Waals surface area contributed by atoms with Crippen molar-refractivity contribution >= 4 is 17.4 Å². The molecule has 0 unspecified atom stereocenters. The summed E-state index contributed by atoms with van der Waals surface area (Å²) in [6, 6.07) is 14.9. The third kappa shape index (κ3) is 2.62. The Morgan fingerprint density at radius 3 is 2.32 bits per heavy atom. The van der Waals surface area contributed by atoms with Crippen molar-refractivity contribution in [3.05, 3.63) is 65.4 Å². The van der Waals surface area contributed by atoms with Gasteiger partial charge in [-0.15, -0.1) is 0 Å². The number of rotatable bonds is 2. The summed E-state index contributed by atoms with van der Waals surface area (Å²) in [5.74, 6) is 0.210. The molecule has 1 aromatic carbocycles. The Balaban J connectivity index is 2.22. The molecule has 4 nitrogen and oxygen atoms in total. The molecule has 3 rings (SSSR count). The second-order valence-electron chi connectivity index (χ2n) is 4.67. The molecule has 5 heteroatoms. The Morgan fingerprint density at radius 2 is 1.68 bits per heavy atom. The van der Waals surface area contributed by atoms with Crippen molar-refractivity contribution in [2.24, 2.45) is 0 Å². The van der Waals surface area contributed by atoms with E-state index in [2.05, 4.69) is 16.0 Å². The maximum Gasteiger partial charge on any atom is 0.142 e. The molecular formula is C17H11ClN4. The highest BCUT2D eigenvalue weighted by atomic mass is 35.5. The fourth-order valence-electron chi connectivity index (χ4n) is 2.21. The molecule has 0 amide bonds. The number of aromatic nitrogens is 2.